The lowest BCUT2D eigenvalue weighted by atomic mass is 9.67. The Hall–Kier alpha value is -1.68. The summed E-state index contributed by atoms with van der Waals surface area (Å²) in [5, 5.41) is 0. The summed E-state index contributed by atoms with van der Waals surface area (Å²) in [5.74, 6) is -0.309. The number of rotatable bonds is 5. The maximum Gasteiger partial charge on any atom is 0.168 e. The number of hydrogen-bond donors (Lipinski definition) is 0. The molecular weight excluding hydrogens is 322 g/mol. The lowest BCUT2D eigenvalue weighted by molar-refractivity contribution is -0.186. The fourth-order valence-electron chi connectivity index (χ4n) is 4.69. The summed E-state index contributed by atoms with van der Waals surface area (Å²) in [5.41, 5.74) is 2.99. The molecule has 0 atom stereocenters. The zero-order chi connectivity index (χ0) is 17.9. The van der Waals surface area contributed by atoms with E-state index < -0.39 is 0 Å². The summed E-state index contributed by atoms with van der Waals surface area (Å²) in [6, 6.07) is 21.8. The van der Waals surface area contributed by atoms with Crippen molar-refractivity contribution in [2.24, 2.45) is 0 Å². The number of benzene rings is 2. The quantitative estimate of drug-likeness (QED) is 0.798. The predicted octanol–water partition coefficient (Wildman–Crippen LogP) is 4.37. The van der Waals surface area contributed by atoms with Crippen LogP contribution in [0.2, 0.25) is 0 Å². The molecule has 0 unspecified atom stereocenters. The highest BCUT2D eigenvalue weighted by atomic mass is 16.7. The Morgan fingerprint density at radius 2 is 1.38 bits per heavy atom. The van der Waals surface area contributed by atoms with E-state index >= 15 is 0 Å². The van der Waals surface area contributed by atoms with Gasteiger partial charge in [0.1, 0.15) is 0 Å². The smallest absolute Gasteiger partial charge is 0.168 e. The van der Waals surface area contributed by atoms with Crippen LogP contribution in [0, 0.1) is 0 Å². The fraction of sp³-hybridized carbons (Fsp3) is 0.478. The van der Waals surface area contributed by atoms with Crippen molar-refractivity contribution in [1.29, 1.82) is 0 Å². The van der Waals surface area contributed by atoms with Crippen molar-refractivity contribution in [1.82, 2.24) is 4.90 Å². The number of ether oxygens (including phenoxy) is 2. The summed E-state index contributed by atoms with van der Waals surface area (Å²) < 4.78 is 12.0. The van der Waals surface area contributed by atoms with E-state index in [2.05, 4.69) is 72.6 Å². The van der Waals surface area contributed by atoms with Gasteiger partial charge in [-0.25, -0.2) is 0 Å². The average molecular weight is 351 g/mol. The first-order valence-electron chi connectivity index (χ1n) is 9.76. The molecule has 0 bridgehead atoms. The van der Waals surface area contributed by atoms with E-state index in [1.165, 1.54) is 11.1 Å². The Bertz CT molecular complexity index is 685. The van der Waals surface area contributed by atoms with Gasteiger partial charge in [0.2, 0.25) is 0 Å². The molecule has 2 aliphatic rings. The molecule has 2 aromatic rings. The Kier molecular flexibility index (Phi) is 5.12. The molecule has 0 aromatic heterocycles. The van der Waals surface area contributed by atoms with Gasteiger partial charge < -0.3 is 14.4 Å². The molecule has 1 saturated heterocycles. The van der Waals surface area contributed by atoms with E-state index in [4.69, 9.17) is 9.47 Å². The summed E-state index contributed by atoms with van der Waals surface area (Å²) in [6.07, 6.45) is 4.19. The lowest BCUT2D eigenvalue weighted by Gasteiger charge is -2.46. The maximum absolute atomic E-state index is 5.98. The van der Waals surface area contributed by atoms with Gasteiger partial charge in [0.05, 0.1) is 13.2 Å². The highest BCUT2D eigenvalue weighted by Crippen LogP contribution is 2.46. The molecule has 1 spiro atoms. The molecule has 0 N–H and O–H groups in total. The SMILES string of the molecule is CN(Cc1ccccc1)CC1(c2ccccc2)CCC2(CC1)OCCO2. The van der Waals surface area contributed by atoms with Crippen LogP contribution in [0.5, 0.6) is 0 Å². The minimum atomic E-state index is -0.309. The number of hydrogen-bond acceptors (Lipinski definition) is 3. The van der Waals surface area contributed by atoms with Crippen molar-refractivity contribution in [3.63, 3.8) is 0 Å². The van der Waals surface area contributed by atoms with E-state index in [0.29, 0.717) is 0 Å². The second-order valence-electron chi connectivity index (χ2n) is 7.91. The Labute approximate surface area is 156 Å². The first-order valence-corrected chi connectivity index (χ1v) is 9.76. The molecule has 2 fully saturated rings. The Morgan fingerprint density at radius 1 is 0.808 bits per heavy atom. The van der Waals surface area contributed by atoms with E-state index in [9.17, 15) is 0 Å². The number of nitrogens with zero attached hydrogens (tertiary/aromatic N) is 1. The van der Waals surface area contributed by atoms with Gasteiger partial charge in [-0.2, -0.15) is 0 Å². The van der Waals surface area contributed by atoms with Crippen LogP contribution < -0.4 is 0 Å². The predicted molar refractivity (Wildman–Crippen MR) is 104 cm³/mol. The summed E-state index contributed by atoms with van der Waals surface area (Å²) >= 11 is 0. The van der Waals surface area contributed by atoms with E-state index in [1.807, 2.05) is 0 Å². The molecule has 4 rings (SSSR count). The normalized spacial score (nSPS) is 21.3. The van der Waals surface area contributed by atoms with Crippen LogP contribution in [-0.2, 0) is 21.4 Å². The molecule has 0 amide bonds. The van der Waals surface area contributed by atoms with Crippen LogP contribution in [-0.4, -0.2) is 37.5 Å². The van der Waals surface area contributed by atoms with Crippen molar-refractivity contribution < 1.29 is 9.47 Å². The van der Waals surface area contributed by atoms with Crippen LogP contribution in [0.4, 0.5) is 0 Å². The van der Waals surface area contributed by atoms with Gasteiger partial charge in [0.15, 0.2) is 5.79 Å². The first kappa shape index (κ1) is 17.7. The molecule has 138 valence electrons. The van der Waals surface area contributed by atoms with Crippen LogP contribution >= 0.6 is 0 Å². The third-order valence-electron chi connectivity index (χ3n) is 6.04. The van der Waals surface area contributed by atoms with Gasteiger partial charge in [-0.05, 0) is 31.0 Å². The summed E-state index contributed by atoms with van der Waals surface area (Å²) in [6.45, 7) is 3.52. The number of likely N-dealkylation sites (N-methyl/N-ethyl adjacent to an activating group) is 1. The molecule has 2 aromatic carbocycles. The van der Waals surface area contributed by atoms with Gasteiger partial charge in [0.25, 0.3) is 0 Å². The monoisotopic (exact) mass is 351 g/mol. The second kappa shape index (κ2) is 7.51. The van der Waals surface area contributed by atoms with Gasteiger partial charge in [-0.3, -0.25) is 0 Å². The average Bonchev–Trinajstić information content (AvgIpc) is 3.14. The summed E-state index contributed by atoms with van der Waals surface area (Å²) in [4.78, 5) is 2.47. The molecule has 3 heteroatoms. The molecule has 0 radical (unpaired) electrons. The second-order valence-corrected chi connectivity index (χ2v) is 7.91. The third-order valence-corrected chi connectivity index (χ3v) is 6.04. The maximum atomic E-state index is 5.98. The lowest BCUT2D eigenvalue weighted by Crippen LogP contribution is -2.47. The molecule has 1 aliphatic carbocycles. The van der Waals surface area contributed by atoms with Gasteiger partial charge in [-0.15, -0.1) is 0 Å². The van der Waals surface area contributed by atoms with Crippen LogP contribution in [0.15, 0.2) is 60.7 Å². The molecule has 1 saturated carbocycles. The van der Waals surface area contributed by atoms with Crippen LogP contribution in [0.25, 0.3) is 0 Å². The third kappa shape index (κ3) is 3.71. The molecule has 3 nitrogen and oxygen atoms in total. The standard InChI is InChI=1S/C23H29NO2/c1-24(18-20-8-4-2-5-9-20)19-22(21-10-6-3-7-11-21)12-14-23(15-13-22)25-16-17-26-23/h2-11H,12-19H2,1H3. The highest BCUT2D eigenvalue weighted by molar-refractivity contribution is 5.27. The largest absolute Gasteiger partial charge is 0.348 e. The highest BCUT2D eigenvalue weighted by Gasteiger charge is 2.47. The topological polar surface area (TPSA) is 21.7 Å². The minimum Gasteiger partial charge on any atom is -0.348 e. The first-order chi connectivity index (χ1) is 12.7. The van der Waals surface area contributed by atoms with E-state index in [-0.39, 0.29) is 11.2 Å². The van der Waals surface area contributed by atoms with Crippen molar-refractivity contribution >= 4 is 0 Å². The molecule has 26 heavy (non-hydrogen) atoms. The zero-order valence-corrected chi connectivity index (χ0v) is 15.7. The Morgan fingerprint density at radius 3 is 2.00 bits per heavy atom. The van der Waals surface area contributed by atoms with E-state index in [0.717, 1.165) is 52.0 Å². The van der Waals surface area contributed by atoms with Crippen molar-refractivity contribution in [3.05, 3.63) is 71.8 Å². The fourth-order valence-corrected chi connectivity index (χ4v) is 4.69. The van der Waals surface area contributed by atoms with Crippen molar-refractivity contribution in [2.75, 3.05) is 26.8 Å². The van der Waals surface area contributed by atoms with Gasteiger partial charge in [0, 0.05) is 31.3 Å². The molecular formula is C23H29NO2. The minimum absolute atomic E-state index is 0.172. The van der Waals surface area contributed by atoms with Gasteiger partial charge >= 0.3 is 0 Å². The zero-order valence-electron chi connectivity index (χ0n) is 15.7. The van der Waals surface area contributed by atoms with E-state index in [1.54, 1.807) is 0 Å². The Balaban J connectivity index is 1.52. The summed E-state index contributed by atoms with van der Waals surface area (Å²) in [7, 11) is 2.24. The van der Waals surface area contributed by atoms with Crippen LogP contribution in [0.1, 0.15) is 36.8 Å². The van der Waals surface area contributed by atoms with Crippen LogP contribution in [0.3, 0.4) is 0 Å². The molecule has 1 heterocycles. The van der Waals surface area contributed by atoms with Gasteiger partial charge in [-0.1, -0.05) is 60.7 Å². The van der Waals surface area contributed by atoms with Crippen molar-refractivity contribution in [2.45, 2.75) is 43.4 Å². The van der Waals surface area contributed by atoms with Crippen molar-refractivity contribution in [3.8, 4) is 0 Å². The molecule has 1 aliphatic heterocycles.